The van der Waals surface area contributed by atoms with Gasteiger partial charge in [-0.2, -0.15) is 5.10 Å². The molecule has 2 heterocycles. The molecule has 0 amide bonds. The quantitative estimate of drug-likeness (QED) is 0.829. The summed E-state index contributed by atoms with van der Waals surface area (Å²) in [7, 11) is 0. The molecule has 1 aliphatic heterocycles. The van der Waals surface area contributed by atoms with Crippen LogP contribution in [0, 0.1) is 0 Å². The maximum absolute atomic E-state index is 12.6. The monoisotopic (exact) mass is 386 g/mol. The van der Waals surface area contributed by atoms with Gasteiger partial charge < -0.3 is 5.32 Å². The van der Waals surface area contributed by atoms with Gasteiger partial charge in [-0.25, -0.2) is 9.48 Å². The van der Waals surface area contributed by atoms with E-state index in [1.54, 1.807) is 4.68 Å². The molecule has 1 saturated heterocycles. The van der Waals surface area contributed by atoms with E-state index in [1.807, 2.05) is 17.6 Å². The molecular formula is C18H28Cl2N4O. The van der Waals surface area contributed by atoms with E-state index in [2.05, 4.69) is 34.7 Å². The van der Waals surface area contributed by atoms with Crippen molar-refractivity contribution in [1.82, 2.24) is 19.7 Å². The van der Waals surface area contributed by atoms with Crippen LogP contribution >= 0.6 is 24.8 Å². The topological polar surface area (TPSA) is 51.9 Å². The largest absolute Gasteiger partial charge is 0.345 e. The number of nitrogens with one attached hydrogen (secondary N) is 1. The number of nitrogens with zero attached hydrogens (tertiary/aromatic N) is 3. The Morgan fingerprint density at radius 3 is 2.48 bits per heavy atom. The van der Waals surface area contributed by atoms with Gasteiger partial charge in [-0.15, -0.1) is 24.8 Å². The minimum Gasteiger partial charge on any atom is -0.317 e. The fourth-order valence-electron chi connectivity index (χ4n) is 3.36. The first-order valence-electron chi connectivity index (χ1n) is 8.71. The molecule has 0 radical (unpaired) electrons. The minimum atomic E-state index is 0. The number of rotatable bonds is 6. The smallest absolute Gasteiger partial charge is 0.317 e. The third kappa shape index (κ3) is 5.33. The molecule has 1 N–H and O–H groups in total. The molecule has 0 saturated carbocycles. The van der Waals surface area contributed by atoms with E-state index in [1.165, 1.54) is 5.56 Å². The van der Waals surface area contributed by atoms with E-state index in [4.69, 9.17) is 0 Å². The average Bonchev–Trinajstić information content (AvgIpc) is 2.93. The zero-order chi connectivity index (χ0) is 16.1. The molecule has 0 bridgehead atoms. The number of hydrogen-bond donors (Lipinski definition) is 1. The van der Waals surface area contributed by atoms with Crippen LogP contribution < -0.4 is 11.0 Å². The predicted molar refractivity (Wildman–Crippen MR) is 106 cm³/mol. The number of piperidine rings is 1. The highest BCUT2D eigenvalue weighted by molar-refractivity contribution is 5.85. The minimum absolute atomic E-state index is 0. The number of aromatic nitrogens is 3. The van der Waals surface area contributed by atoms with Gasteiger partial charge in [0.05, 0.1) is 0 Å². The van der Waals surface area contributed by atoms with Crippen LogP contribution in [0.4, 0.5) is 0 Å². The van der Waals surface area contributed by atoms with Gasteiger partial charge in [0.25, 0.3) is 0 Å². The van der Waals surface area contributed by atoms with E-state index in [-0.39, 0.29) is 30.5 Å². The van der Waals surface area contributed by atoms with Crippen molar-refractivity contribution in [3.05, 3.63) is 52.2 Å². The van der Waals surface area contributed by atoms with Crippen molar-refractivity contribution in [2.45, 2.75) is 51.6 Å². The summed E-state index contributed by atoms with van der Waals surface area (Å²) in [6.07, 6.45) is 4.06. The molecule has 1 aromatic heterocycles. The zero-order valence-electron chi connectivity index (χ0n) is 14.7. The molecule has 1 fully saturated rings. The molecule has 0 unspecified atom stereocenters. The Morgan fingerprint density at radius 1 is 1.16 bits per heavy atom. The molecule has 1 aliphatic rings. The van der Waals surface area contributed by atoms with Crippen LogP contribution in [0.3, 0.4) is 0 Å². The Balaban J connectivity index is 0.00000156. The van der Waals surface area contributed by atoms with Crippen LogP contribution in [-0.2, 0) is 19.5 Å². The van der Waals surface area contributed by atoms with Crippen LogP contribution in [0.1, 0.15) is 43.5 Å². The van der Waals surface area contributed by atoms with Gasteiger partial charge in [0.2, 0.25) is 0 Å². The first-order valence-corrected chi connectivity index (χ1v) is 8.71. The second kappa shape index (κ2) is 10.6. The number of halogens is 2. The predicted octanol–water partition coefficient (Wildman–Crippen LogP) is 3.01. The van der Waals surface area contributed by atoms with Gasteiger partial charge in [-0.1, -0.05) is 30.3 Å². The lowest BCUT2D eigenvalue weighted by Crippen LogP contribution is -2.29. The molecule has 7 heteroatoms. The van der Waals surface area contributed by atoms with E-state index < -0.39 is 0 Å². The van der Waals surface area contributed by atoms with Crippen molar-refractivity contribution in [2.75, 3.05) is 13.1 Å². The van der Waals surface area contributed by atoms with Gasteiger partial charge >= 0.3 is 5.69 Å². The Kier molecular flexibility index (Phi) is 9.25. The maximum atomic E-state index is 12.6. The Bertz CT molecular complexity index is 678. The van der Waals surface area contributed by atoms with Gasteiger partial charge in [0, 0.05) is 19.0 Å². The van der Waals surface area contributed by atoms with Crippen molar-refractivity contribution in [2.24, 2.45) is 0 Å². The summed E-state index contributed by atoms with van der Waals surface area (Å²) in [4.78, 5) is 12.6. The van der Waals surface area contributed by atoms with Crippen LogP contribution in [0.2, 0.25) is 0 Å². The third-order valence-corrected chi connectivity index (χ3v) is 4.65. The standard InChI is InChI=1S/C18H26N4O.2ClH/c1-2-21-17(16-10-12-19-13-11-16)20-22(18(21)23)14-6-9-15-7-4-3-5-8-15;;/h3-5,7-8,16,19H,2,6,9-14H2,1H3;2*1H. The lowest BCUT2D eigenvalue weighted by atomic mass is 9.97. The Hall–Kier alpha value is -1.30. The highest BCUT2D eigenvalue weighted by Gasteiger charge is 2.23. The van der Waals surface area contributed by atoms with E-state index in [0.717, 1.165) is 44.6 Å². The van der Waals surface area contributed by atoms with Crippen LogP contribution in [0.5, 0.6) is 0 Å². The highest BCUT2D eigenvalue weighted by Crippen LogP contribution is 2.22. The van der Waals surface area contributed by atoms with E-state index in [9.17, 15) is 4.79 Å². The van der Waals surface area contributed by atoms with Gasteiger partial charge in [-0.3, -0.25) is 4.57 Å². The van der Waals surface area contributed by atoms with Crippen LogP contribution in [0.25, 0.3) is 0 Å². The summed E-state index contributed by atoms with van der Waals surface area (Å²) >= 11 is 0. The molecule has 5 nitrogen and oxygen atoms in total. The van der Waals surface area contributed by atoms with Crippen molar-refractivity contribution >= 4 is 24.8 Å². The molecule has 3 rings (SSSR count). The lowest BCUT2D eigenvalue weighted by molar-refractivity contribution is 0.428. The molecule has 1 aromatic carbocycles. The van der Waals surface area contributed by atoms with Gasteiger partial charge in [0.1, 0.15) is 5.82 Å². The maximum Gasteiger partial charge on any atom is 0.345 e. The molecule has 2 aromatic rings. The molecule has 0 spiro atoms. The fraction of sp³-hybridized carbons (Fsp3) is 0.556. The summed E-state index contributed by atoms with van der Waals surface area (Å²) < 4.78 is 3.53. The summed E-state index contributed by atoms with van der Waals surface area (Å²) in [5, 5.41) is 8.05. The number of benzene rings is 1. The van der Waals surface area contributed by atoms with Gasteiger partial charge in [0.15, 0.2) is 0 Å². The second-order valence-electron chi connectivity index (χ2n) is 6.22. The highest BCUT2D eigenvalue weighted by atomic mass is 35.5. The molecule has 0 atom stereocenters. The summed E-state index contributed by atoms with van der Waals surface area (Å²) in [5.41, 5.74) is 1.36. The van der Waals surface area contributed by atoms with Crippen molar-refractivity contribution < 1.29 is 0 Å². The number of hydrogen-bond acceptors (Lipinski definition) is 3. The lowest BCUT2D eigenvalue weighted by Gasteiger charge is -2.21. The van der Waals surface area contributed by atoms with Crippen molar-refractivity contribution in [3.8, 4) is 0 Å². The molecule has 0 aliphatic carbocycles. The van der Waals surface area contributed by atoms with E-state index in [0.29, 0.717) is 19.0 Å². The first-order chi connectivity index (χ1) is 11.3. The average molecular weight is 387 g/mol. The normalized spacial score (nSPS) is 14.6. The van der Waals surface area contributed by atoms with Gasteiger partial charge in [-0.05, 0) is 51.3 Å². The molecular weight excluding hydrogens is 359 g/mol. The zero-order valence-corrected chi connectivity index (χ0v) is 16.3. The number of aryl methyl sites for hydroxylation is 2. The van der Waals surface area contributed by atoms with E-state index >= 15 is 0 Å². The molecule has 140 valence electrons. The first kappa shape index (κ1) is 21.7. The Labute approximate surface area is 161 Å². The van der Waals surface area contributed by atoms with Crippen molar-refractivity contribution in [3.63, 3.8) is 0 Å². The molecule has 25 heavy (non-hydrogen) atoms. The van der Waals surface area contributed by atoms with Crippen molar-refractivity contribution in [1.29, 1.82) is 0 Å². The second-order valence-corrected chi connectivity index (χ2v) is 6.22. The Morgan fingerprint density at radius 2 is 1.84 bits per heavy atom. The third-order valence-electron chi connectivity index (χ3n) is 4.65. The summed E-state index contributed by atoms with van der Waals surface area (Å²) in [5.74, 6) is 1.40. The van der Waals surface area contributed by atoms with Crippen LogP contribution in [-0.4, -0.2) is 27.4 Å². The fourth-order valence-corrected chi connectivity index (χ4v) is 3.36. The summed E-state index contributed by atoms with van der Waals surface area (Å²) in [6, 6.07) is 10.4. The summed E-state index contributed by atoms with van der Waals surface area (Å²) in [6.45, 7) is 5.46. The van der Waals surface area contributed by atoms with Crippen LogP contribution in [0.15, 0.2) is 35.1 Å². The SMILES string of the molecule is CCn1c(C2CCNCC2)nn(CCCc2ccccc2)c1=O.Cl.Cl.